The number of cyclic esters (lactones) is 2. The fraction of sp³-hybridized carbons (Fsp3) is 0.696. The van der Waals surface area contributed by atoms with Crippen LogP contribution in [-0.4, -0.2) is 46.9 Å². The zero-order valence-corrected chi connectivity index (χ0v) is 19.7. The monoisotopic (exact) mass is 450 g/mol. The molecule has 0 aromatic rings. The van der Waals surface area contributed by atoms with E-state index in [-0.39, 0.29) is 23.9 Å². The van der Waals surface area contributed by atoms with Crippen LogP contribution in [0.15, 0.2) is 23.0 Å². The number of Topliss-reactive ketones (excluding diaryl/α,β-unsaturated/α-hetero) is 1. The van der Waals surface area contributed by atoms with Crippen molar-refractivity contribution >= 4 is 29.5 Å². The van der Waals surface area contributed by atoms with E-state index < -0.39 is 34.3 Å². The van der Waals surface area contributed by atoms with Crippen LogP contribution in [0.2, 0.25) is 0 Å². The highest BCUT2D eigenvalue weighted by atomic mass is 32.2. The molecule has 4 rings (SSSR count). The van der Waals surface area contributed by atoms with Crippen LogP contribution in [0.25, 0.3) is 0 Å². The molecule has 31 heavy (non-hydrogen) atoms. The molecular formula is C23H30O7S. The molecule has 0 bridgehead atoms. The number of allylic oxidation sites excluding steroid dienone is 2. The van der Waals surface area contributed by atoms with Crippen LogP contribution in [0.1, 0.15) is 48.0 Å². The van der Waals surface area contributed by atoms with Crippen molar-refractivity contribution in [3.05, 3.63) is 23.0 Å². The lowest BCUT2D eigenvalue weighted by atomic mass is 9.56. The van der Waals surface area contributed by atoms with E-state index in [0.717, 1.165) is 16.7 Å². The topological polar surface area (TPSA) is 88.1 Å². The molecule has 5 atom stereocenters. The second kappa shape index (κ2) is 7.66. The van der Waals surface area contributed by atoms with E-state index in [1.54, 1.807) is 27.0 Å². The molecule has 2 fully saturated rings. The van der Waals surface area contributed by atoms with E-state index in [1.807, 2.05) is 20.8 Å². The van der Waals surface area contributed by atoms with Gasteiger partial charge in [-0.25, -0.2) is 9.59 Å². The van der Waals surface area contributed by atoms with Crippen molar-refractivity contribution in [3.8, 4) is 0 Å². The second-order valence-corrected chi connectivity index (χ2v) is 10.5. The van der Waals surface area contributed by atoms with Gasteiger partial charge < -0.3 is 18.9 Å². The lowest BCUT2D eigenvalue weighted by molar-refractivity contribution is -0.239. The first-order valence-corrected chi connectivity index (χ1v) is 11.8. The Morgan fingerprint density at radius 3 is 2.48 bits per heavy atom. The summed E-state index contributed by atoms with van der Waals surface area (Å²) in [6.45, 7) is 11.1. The van der Waals surface area contributed by atoms with E-state index >= 15 is 0 Å². The van der Waals surface area contributed by atoms with Crippen LogP contribution >= 0.6 is 11.8 Å². The SMILES string of the molecule is CCO[C@H]1C[C@@H]2C(=CO1)C1=C(C)CSC3(C(=O)OC(C)(C)OC3=O)[C@@H]1[C@@H](C(C)=O)[C@H]2C. The summed E-state index contributed by atoms with van der Waals surface area (Å²) in [4.78, 5) is 39.8. The van der Waals surface area contributed by atoms with Crippen LogP contribution in [-0.2, 0) is 33.3 Å². The van der Waals surface area contributed by atoms with Crippen LogP contribution in [0.4, 0.5) is 0 Å². The van der Waals surface area contributed by atoms with Gasteiger partial charge >= 0.3 is 11.9 Å². The number of carbonyl (C=O) groups excluding carboxylic acids is 3. The number of fused-ring (bicyclic) bond motifs is 4. The number of hydrogen-bond acceptors (Lipinski definition) is 8. The predicted octanol–water partition coefficient (Wildman–Crippen LogP) is 3.38. The molecule has 0 unspecified atom stereocenters. The van der Waals surface area contributed by atoms with Crippen LogP contribution < -0.4 is 0 Å². The zero-order chi connectivity index (χ0) is 22.7. The third-order valence-electron chi connectivity index (χ3n) is 6.89. The Kier molecular flexibility index (Phi) is 5.53. The average molecular weight is 451 g/mol. The largest absolute Gasteiger partial charge is 0.472 e. The summed E-state index contributed by atoms with van der Waals surface area (Å²) in [5, 5.41) is 0. The van der Waals surface area contributed by atoms with Crippen LogP contribution in [0, 0.1) is 23.7 Å². The minimum Gasteiger partial charge on any atom is -0.472 e. The summed E-state index contributed by atoms with van der Waals surface area (Å²) in [5.74, 6) is -3.43. The first kappa shape index (κ1) is 22.4. The van der Waals surface area contributed by atoms with Crippen LogP contribution in [0.3, 0.4) is 0 Å². The third kappa shape index (κ3) is 3.33. The lowest BCUT2D eigenvalue weighted by Gasteiger charge is -2.54. The minimum atomic E-state index is -1.60. The van der Waals surface area contributed by atoms with E-state index in [1.165, 1.54) is 11.8 Å². The highest BCUT2D eigenvalue weighted by Gasteiger charge is 2.68. The van der Waals surface area contributed by atoms with Gasteiger partial charge in [-0.05, 0) is 43.8 Å². The normalized spacial score (nSPS) is 35.9. The molecular weight excluding hydrogens is 420 g/mol. The number of ketones is 1. The molecule has 8 heteroatoms. The number of hydrogen-bond donors (Lipinski definition) is 0. The van der Waals surface area contributed by atoms with Crippen molar-refractivity contribution in [3.63, 3.8) is 0 Å². The Balaban J connectivity index is 1.88. The number of thioether (sulfide) groups is 1. The highest BCUT2D eigenvalue weighted by molar-refractivity contribution is 8.02. The maximum atomic E-state index is 13.4. The van der Waals surface area contributed by atoms with Gasteiger partial charge in [0.15, 0.2) is 6.29 Å². The summed E-state index contributed by atoms with van der Waals surface area (Å²) in [7, 11) is 0. The van der Waals surface area contributed by atoms with Crippen molar-refractivity contribution in [1.82, 2.24) is 0 Å². The Labute approximate surface area is 186 Å². The summed E-state index contributed by atoms with van der Waals surface area (Å²) in [6.07, 6.45) is 1.96. The van der Waals surface area contributed by atoms with E-state index in [0.29, 0.717) is 18.8 Å². The smallest absolute Gasteiger partial charge is 0.337 e. The molecule has 7 nitrogen and oxygen atoms in total. The molecule has 0 amide bonds. The van der Waals surface area contributed by atoms with Crippen molar-refractivity contribution in [2.45, 2.75) is 64.8 Å². The summed E-state index contributed by atoms with van der Waals surface area (Å²) in [5.41, 5.74) is 2.86. The molecule has 4 aliphatic rings. The zero-order valence-electron chi connectivity index (χ0n) is 18.9. The predicted molar refractivity (Wildman–Crippen MR) is 114 cm³/mol. The van der Waals surface area contributed by atoms with Gasteiger partial charge in [0, 0.05) is 44.5 Å². The van der Waals surface area contributed by atoms with Gasteiger partial charge in [-0.1, -0.05) is 12.5 Å². The average Bonchev–Trinajstić information content (AvgIpc) is 2.67. The van der Waals surface area contributed by atoms with Gasteiger partial charge in [-0.15, -0.1) is 11.8 Å². The Bertz CT molecular complexity index is 866. The van der Waals surface area contributed by atoms with E-state index in [4.69, 9.17) is 18.9 Å². The maximum absolute atomic E-state index is 13.4. The quantitative estimate of drug-likeness (QED) is 0.478. The molecule has 1 saturated carbocycles. The van der Waals surface area contributed by atoms with Crippen molar-refractivity contribution in [2.24, 2.45) is 23.7 Å². The minimum absolute atomic E-state index is 0.0348. The number of carbonyl (C=O) groups is 3. The third-order valence-corrected chi connectivity index (χ3v) is 8.51. The number of rotatable bonds is 3. The molecule has 170 valence electrons. The molecule has 3 heterocycles. The molecule has 1 saturated heterocycles. The van der Waals surface area contributed by atoms with Crippen molar-refractivity contribution in [1.29, 1.82) is 0 Å². The Hall–Kier alpha value is -1.80. The highest BCUT2D eigenvalue weighted by Crippen LogP contribution is 2.60. The van der Waals surface area contributed by atoms with Gasteiger partial charge in [-0.3, -0.25) is 4.79 Å². The first-order chi connectivity index (χ1) is 14.5. The van der Waals surface area contributed by atoms with Gasteiger partial charge in [0.2, 0.25) is 4.75 Å². The Morgan fingerprint density at radius 2 is 1.90 bits per heavy atom. The standard InChI is InChI=1S/C23H30O7S/c1-7-27-16-8-14-12(3)18(13(4)24)19-17(15(14)9-28-16)11(2)10-31-23(19)20(25)29-22(5,6)30-21(23)26/h9,12,14,16,18-19H,7-8,10H2,1-6H3/t12-,14-,16+,18+,19-/m0/s1. The van der Waals surface area contributed by atoms with E-state index in [2.05, 4.69) is 0 Å². The fourth-order valence-electron chi connectivity index (χ4n) is 5.63. The lowest BCUT2D eigenvalue weighted by Crippen LogP contribution is -2.65. The van der Waals surface area contributed by atoms with Gasteiger partial charge in [-0.2, -0.15) is 0 Å². The molecule has 0 aromatic carbocycles. The maximum Gasteiger partial charge on any atom is 0.337 e. The van der Waals surface area contributed by atoms with E-state index in [9.17, 15) is 14.4 Å². The summed E-state index contributed by atoms with van der Waals surface area (Å²) >= 11 is 1.22. The number of esters is 2. The first-order valence-electron chi connectivity index (χ1n) is 10.8. The summed E-state index contributed by atoms with van der Waals surface area (Å²) in [6, 6.07) is 0. The molecule has 3 aliphatic heterocycles. The number of ether oxygens (including phenoxy) is 4. The molecule has 1 spiro atoms. The van der Waals surface area contributed by atoms with Gasteiger partial charge in [0.05, 0.1) is 6.26 Å². The van der Waals surface area contributed by atoms with Crippen molar-refractivity contribution in [2.75, 3.05) is 12.4 Å². The molecule has 1 aliphatic carbocycles. The second-order valence-electron chi connectivity index (χ2n) is 9.31. The van der Waals surface area contributed by atoms with Gasteiger partial charge in [0.1, 0.15) is 5.78 Å². The fourth-order valence-corrected chi connectivity index (χ4v) is 6.99. The van der Waals surface area contributed by atoms with Gasteiger partial charge in [0.25, 0.3) is 5.79 Å². The molecule has 0 aromatic heterocycles. The molecule has 0 radical (unpaired) electrons. The van der Waals surface area contributed by atoms with Crippen molar-refractivity contribution < 1.29 is 33.3 Å². The Morgan fingerprint density at radius 1 is 1.26 bits per heavy atom. The summed E-state index contributed by atoms with van der Waals surface area (Å²) < 4.78 is 21.1. The molecule has 0 N–H and O–H groups in total. The van der Waals surface area contributed by atoms with Crippen LogP contribution in [0.5, 0.6) is 0 Å².